The highest BCUT2D eigenvalue weighted by Gasteiger charge is 2.64. The summed E-state index contributed by atoms with van der Waals surface area (Å²) in [5.74, 6) is 13.0. The van der Waals surface area contributed by atoms with Crippen molar-refractivity contribution in [2.45, 2.75) is 240 Å². The molecule has 3 saturated carbocycles. The molecule has 0 radical (unpaired) electrons. The molecule has 0 N–H and O–H groups in total. The molecule has 0 spiro atoms. The predicted molar refractivity (Wildman–Crippen MR) is 244 cm³/mol. The van der Waals surface area contributed by atoms with Gasteiger partial charge in [0.15, 0.2) is 0 Å². The topological polar surface area (TPSA) is 0 Å². The van der Waals surface area contributed by atoms with Crippen molar-refractivity contribution >= 4 is 0 Å². The Morgan fingerprint density at radius 2 is 1.30 bits per heavy atom. The average Bonchev–Trinajstić information content (AvgIpc) is 4.02. The minimum absolute atomic E-state index is 0.393. The van der Waals surface area contributed by atoms with E-state index in [1.165, 1.54) is 122 Å². The summed E-state index contributed by atoms with van der Waals surface area (Å²) < 4.78 is 0. The van der Waals surface area contributed by atoms with Gasteiger partial charge in [-0.05, 0) is 156 Å². The maximum Gasteiger partial charge on any atom is -0.0235 e. The second-order valence-corrected chi connectivity index (χ2v) is 23.4. The minimum atomic E-state index is 0.393. The average molecular weight is 753 g/mol. The van der Waals surface area contributed by atoms with Crippen molar-refractivity contribution in [3.63, 3.8) is 0 Å². The summed E-state index contributed by atoms with van der Waals surface area (Å²) in [5, 5.41) is 0. The molecule has 0 aromatic heterocycles. The Balaban J connectivity index is 2.25. The molecular weight excluding hydrogens is 649 g/mol. The van der Waals surface area contributed by atoms with E-state index >= 15 is 0 Å². The quantitative estimate of drug-likeness (QED) is 0.0871. The smallest absolute Gasteiger partial charge is 0.0235 e. The van der Waals surface area contributed by atoms with Crippen molar-refractivity contribution in [3.8, 4) is 0 Å². The van der Waals surface area contributed by atoms with Crippen LogP contribution in [0.4, 0.5) is 0 Å². The van der Waals surface area contributed by atoms with Gasteiger partial charge in [-0.2, -0.15) is 0 Å². The van der Waals surface area contributed by atoms with Crippen molar-refractivity contribution in [2.75, 3.05) is 0 Å². The highest BCUT2D eigenvalue weighted by atomic mass is 14.7. The van der Waals surface area contributed by atoms with Crippen molar-refractivity contribution in [1.82, 2.24) is 0 Å². The molecule has 3 fully saturated rings. The Bertz CT molecular complexity index is 1030. The van der Waals surface area contributed by atoms with Gasteiger partial charge in [-0.25, -0.2) is 0 Å². The molecule has 0 aromatic rings. The fourth-order valence-corrected chi connectivity index (χ4v) is 14.5. The van der Waals surface area contributed by atoms with Gasteiger partial charge in [-0.3, -0.25) is 0 Å². The van der Waals surface area contributed by atoms with E-state index in [9.17, 15) is 0 Å². The lowest BCUT2D eigenvalue weighted by atomic mass is 9.47. The molecule has 0 heterocycles. The molecule has 3 aliphatic rings. The third-order valence-corrected chi connectivity index (χ3v) is 18.4. The van der Waals surface area contributed by atoms with E-state index in [0.717, 1.165) is 88.8 Å². The van der Waals surface area contributed by atoms with Gasteiger partial charge in [0.2, 0.25) is 0 Å². The summed E-state index contributed by atoms with van der Waals surface area (Å²) in [6.45, 7) is 44.7. The Labute approximate surface area is 343 Å². The summed E-state index contributed by atoms with van der Waals surface area (Å²) in [6, 6.07) is 0. The van der Waals surface area contributed by atoms with Gasteiger partial charge in [-0.1, -0.05) is 188 Å². The predicted octanol–water partition coefficient (Wildman–Crippen LogP) is 18.0. The zero-order chi connectivity index (χ0) is 40.6. The van der Waals surface area contributed by atoms with Crippen LogP contribution in [0.3, 0.4) is 0 Å². The van der Waals surface area contributed by atoms with E-state index in [1.54, 1.807) is 0 Å². The molecular formula is C54H104. The van der Waals surface area contributed by atoms with Crippen LogP contribution >= 0.6 is 0 Å². The lowest BCUT2D eigenvalue weighted by Crippen LogP contribution is -2.52. The van der Waals surface area contributed by atoms with Gasteiger partial charge in [0.05, 0.1) is 0 Å². The fourth-order valence-electron chi connectivity index (χ4n) is 14.5. The summed E-state index contributed by atoms with van der Waals surface area (Å²) in [7, 11) is 0. The second kappa shape index (κ2) is 21.3. The lowest BCUT2D eigenvalue weighted by molar-refractivity contribution is -0.100. The highest BCUT2D eigenvalue weighted by molar-refractivity contribution is 5.13. The van der Waals surface area contributed by atoms with Crippen LogP contribution in [0.2, 0.25) is 0 Å². The van der Waals surface area contributed by atoms with Crippen LogP contribution in [0.5, 0.6) is 0 Å². The molecule has 0 saturated heterocycles. The third kappa shape index (κ3) is 11.8. The Kier molecular flexibility index (Phi) is 19.1. The Hall–Kier alpha value is 0. The molecule has 0 aromatic carbocycles. The van der Waals surface area contributed by atoms with Gasteiger partial charge in [-0.15, -0.1) is 0 Å². The first-order valence-corrected chi connectivity index (χ1v) is 25.4. The standard InChI is InChI=1S/C54H104/c1-18-24-27-38(9)32-43-33-44(43)34-53(16,17)50-41(12)31-30-40(11)47(29-26-20-3)49(48(50)46(37(7)8)28-25-19-2)51(39(10)21-4)54(23-6)36-45(54)35-52(14,15)42(13)22-5/h37-51H,18-36H2,1-17H3. The van der Waals surface area contributed by atoms with E-state index in [0.29, 0.717) is 16.2 Å². The van der Waals surface area contributed by atoms with Gasteiger partial charge in [0, 0.05) is 0 Å². The molecule has 0 nitrogen and oxygen atoms in total. The summed E-state index contributed by atoms with van der Waals surface area (Å²) >= 11 is 0. The number of hydrogen-bond acceptors (Lipinski definition) is 0. The van der Waals surface area contributed by atoms with E-state index in [4.69, 9.17) is 0 Å². The first kappa shape index (κ1) is 48.4. The summed E-state index contributed by atoms with van der Waals surface area (Å²) in [5.41, 5.74) is 1.36. The second-order valence-electron chi connectivity index (χ2n) is 23.4. The van der Waals surface area contributed by atoms with Crippen LogP contribution in [0, 0.1) is 105 Å². The molecule has 15 atom stereocenters. The van der Waals surface area contributed by atoms with Crippen molar-refractivity contribution in [1.29, 1.82) is 0 Å². The van der Waals surface area contributed by atoms with Crippen molar-refractivity contribution < 1.29 is 0 Å². The molecule has 0 heteroatoms. The van der Waals surface area contributed by atoms with Crippen LogP contribution in [0.25, 0.3) is 0 Å². The molecule has 3 aliphatic carbocycles. The van der Waals surface area contributed by atoms with Gasteiger partial charge < -0.3 is 0 Å². The van der Waals surface area contributed by atoms with E-state index in [1.807, 2.05) is 0 Å². The van der Waals surface area contributed by atoms with Gasteiger partial charge in [0.1, 0.15) is 0 Å². The molecule has 54 heavy (non-hydrogen) atoms. The maximum atomic E-state index is 2.83. The molecule has 320 valence electrons. The molecule has 0 bridgehead atoms. The number of unbranched alkanes of at least 4 members (excludes halogenated alkanes) is 3. The van der Waals surface area contributed by atoms with Crippen LogP contribution < -0.4 is 0 Å². The van der Waals surface area contributed by atoms with E-state index in [2.05, 4.69) is 118 Å². The Morgan fingerprint density at radius 1 is 0.685 bits per heavy atom. The first-order valence-electron chi connectivity index (χ1n) is 25.4. The summed E-state index contributed by atoms with van der Waals surface area (Å²) in [4.78, 5) is 0. The number of rotatable bonds is 25. The minimum Gasteiger partial charge on any atom is -0.0654 e. The highest BCUT2D eigenvalue weighted by Crippen LogP contribution is 2.71. The normalized spacial score (nSPS) is 34.9. The third-order valence-electron chi connectivity index (χ3n) is 18.4. The Morgan fingerprint density at radius 3 is 1.85 bits per heavy atom. The van der Waals surface area contributed by atoms with Crippen LogP contribution in [-0.4, -0.2) is 0 Å². The van der Waals surface area contributed by atoms with E-state index in [-0.39, 0.29) is 0 Å². The lowest BCUT2D eigenvalue weighted by Gasteiger charge is -2.58. The summed E-state index contributed by atoms with van der Waals surface area (Å²) in [6.07, 6.45) is 27.2. The van der Waals surface area contributed by atoms with Crippen LogP contribution in [0.1, 0.15) is 240 Å². The molecule has 0 aliphatic heterocycles. The zero-order valence-electron chi connectivity index (χ0n) is 40.6. The van der Waals surface area contributed by atoms with E-state index < -0.39 is 0 Å². The SMILES string of the molecule is CCCCC(C)CC1CC1CC(C)(C)C1C(C)CCC(C)C(CCCC)C(C(C(C)CC)C2(CC)CC2CC(C)(C)C(C)CC)C1C(CCCC)C(C)C. The molecule has 3 rings (SSSR count). The van der Waals surface area contributed by atoms with Crippen molar-refractivity contribution in [2.24, 2.45) is 105 Å². The van der Waals surface area contributed by atoms with Gasteiger partial charge in [0.25, 0.3) is 0 Å². The number of hydrogen-bond donors (Lipinski definition) is 0. The largest absolute Gasteiger partial charge is 0.0654 e. The fraction of sp³-hybridized carbons (Fsp3) is 1.00. The molecule has 0 amide bonds. The van der Waals surface area contributed by atoms with Crippen molar-refractivity contribution in [3.05, 3.63) is 0 Å². The maximum absolute atomic E-state index is 2.83. The zero-order valence-corrected chi connectivity index (χ0v) is 40.6. The first-order chi connectivity index (χ1) is 25.4. The monoisotopic (exact) mass is 753 g/mol. The van der Waals surface area contributed by atoms with Gasteiger partial charge >= 0.3 is 0 Å². The van der Waals surface area contributed by atoms with Crippen LogP contribution in [0.15, 0.2) is 0 Å². The van der Waals surface area contributed by atoms with Crippen LogP contribution in [-0.2, 0) is 0 Å². The molecule has 15 unspecified atom stereocenters.